The van der Waals surface area contributed by atoms with Crippen LogP contribution in [0.4, 0.5) is 5.82 Å². The van der Waals surface area contributed by atoms with Gasteiger partial charge in [-0.15, -0.1) is 0 Å². The highest BCUT2D eigenvalue weighted by Gasteiger charge is 2.06. The Labute approximate surface area is 157 Å². The van der Waals surface area contributed by atoms with Crippen LogP contribution in [0.1, 0.15) is 11.1 Å². The highest BCUT2D eigenvalue weighted by molar-refractivity contribution is 6.30. The van der Waals surface area contributed by atoms with E-state index in [0.717, 1.165) is 11.1 Å². The Morgan fingerprint density at radius 1 is 1.08 bits per heavy atom. The first-order valence-corrected chi connectivity index (χ1v) is 8.38. The zero-order valence-corrected chi connectivity index (χ0v) is 15.0. The number of nitrogens with zero attached hydrogens (tertiary/aromatic N) is 2. The van der Waals surface area contributed by atoms with E-state index in [-0.39, 0.29) is 0 Å². The molecule has 1 aromatic heterocycles. The van der Waals surface area contributed by atoms with Crippen molar-refractivity contribution in [1.82, 2.24) is 4.98 Å². The topological polar surface area (TPSA) is 55.7 Å². The van der Waals surface area contributed by atoms with Crippen molar-refractivity contribution in [2.45, 2.75) is 6.61 Å². The lowest BCUT2D eigenvalue weighted by Gasteiger charge is -2.11. The fraction of sp³-hybridized carbons (Fsp3) is 0.100. The standard InChI is InChI=1S/C20H18ClN3O2/c1-25-19-12-16(13-23-24-20-4-2-3-11-22-20)7-10-18(19)26-14-15-5-8-17(21)9-6-15/h2-13H,14H2,1H3,(H,22,24)/b23-13+. The molecule has 0 spiro atoms. The van der Waals surface area contributed by atoms with E-state index >= 15 is 0 Å². The Morgan fingerprint density at radius 2 is 1.92 bits per heavy atom. The maximum absolute atomic E-state index is 5.89. The molecule has 0 bridgehead atoms. The molecule has 0 radical (unpaired) electrons. The van der Waals surface area contributed by atoms with E-state index in [4.69, 9.17) is 21.1 Å². The number of hydrogen-bond donors (Lipinski definition) is 1. The molecule has 0 saturated carbocycles. The molecule has 0 aliphatic carbocycles. The molecule has 0 atom stereocenters. The summed E-state index contributed by atoms with van der Waals surface area (Å²) < 4.78 is 11.3. The number of benzene rings is 2. The minimum absolute atomic E-state index is 0.433. The van der Waals surface area contributed by atoms with Gasteiger partial charge in [-0.25, -0.2) is 4.98 Å². The van der Waals surface area contributed by atoms with Gasteiger partial charge in [-0.2, -0.15) is 5.10 Å². The number of anilines is 1. The van der Waals surface area contributed by atoms with Gasteiger partial charge in [0, 0.05) is 11.2 Å². The Hall–Kier alpha value is -3.05. The van der Waals surface area contributed by atoms with E-state index < -0.39 is 0 Å². The van der Waals surface area contributed by atoms with E-state index in [1.54, 1.807) is 19.5 Å². The van der Waals surface area contributed by atoms with Crippen LogP contribution in [0.15, 0.2) is 72.0 Å². The van der Waals surface area contributed by atoms with E-state index in [0.29, 0.717) is 28.9 Å². The summed E-state index contributed by atoms with van der Waals surface area (Å²) in [6.45, 7) is 0.433. The Balaban J connectivity index is 1.64. The summed E-state index contributed by atoms with van der Waals surface area (Å²) in [6, 6.07) is 18.7. The van der Waals surface area contributed by atoms with Crippen LogP contribution in [0.5, 0.6) is 11.5 Å². The van der Waals surface area contributed by atoms with Crippen molar-refractivity contribution in [1.29, 1.82) is 0 Å². The number of hydrazone groups is 1. The molecule has 0 aliphatic heterocycles. The molecule has 0 amide bonds. The smallest absolute Gasteiger partial charge is 0.161 e. The van der Waals surface area contributed by atoms with Crippen LogP contribution in [0.25, 0.3) is 0 Å². The predicted molar refractivity (Wildman–Crippen MR) is 104 cm³/mol. The summed E-state index contributed by atoms with van der Waals surface area (Å²) in [6.07, 6.45) is 3.40. The first-order chi connectivity index (χ1) is 12.7. The third kappa shape index (κ3) is 4.97. The second-order valence-electron chi connectivity index (χ2n) is 5.41. The number of halogens is 1. The molecule has 0 unspecified atom stereocenters. The van der Waals surface area contributed by atoms with Crippen molar-refractivity contribution < 1.29 is 9.47 Å². The molecule has 26 heavy (non-hydrogen) atoms. The van der Waals surface area contributed by atoms with Crippen molar-refractivity contribution in [3.8, 4) is 11.5 Å². The van der Waals surface area contributed by atoms with Gasteiger partial charge in [0.15, 0.2) is 11.5 Å². The summed E-state index contributed by atoms with van der Waals surface area (Å²) in [5.41, 5.74) is 4.78. The highest BCUT2D eigenvalue weighted by atomic mass is 35.5. The predicted octanol–water partition coefficient (Wildman–Crippen LogP) is 4.77. The van der Waals surface area contributed by atoms with Gasteiger partial charge in [0.2, 0.25) is 0 Å². The minimum Gasteiger partial charge on any atom is -0.493 e. The normalized spacial score (nSPS) is 10.7. The maximum atomic E-state index is 5.89. The summed E-state index contributed by atoms with van der Waals surface area (Å²) >= 11 is 5.89. The van der Waals surface area contributed by atoms with Crippen LogP contribution < -0.4 is 14.9 Å². The van der Waals surface area contributed by atoms with Crippen molar-refractivity contribution in [3.63, 3.8) is 0 Å². The van der Waals surface area contributed by atoms with Crippen molar-refractivity contribution in [3.05, 3.63) is 83.0 Å². The SMILES string of the molecule is COc1cc(/C=N/Nc2ccccn2)ccc1OCc1ccc(Cl)cc1. The molecule has 1 N–H and O–H groups in total. The van der Waals surface area contributed by atoms with E-state index in [2.05, 4.69) is 15.5 Å². The summed E-state index contributed by atoms with van der Waals surface area (Å²) in [4.78, 5) is 4.14. The van der Waals surface area contributed by atoms with Crippen LogP contribution in [-0.4, -0.2) is 18.3 Å². The molecule has 3 aromatic rings. The molecular weight excluding hydrogens is 350 g/mol. The monoisotopic (exact) mass is 367 g/mol. The summed E-state index contributed by atoms with van der Waals surface area (Å²) in [7, 11) is 1.61. The zero-order chi connectivity index (χ0) is 18.2. The quantitative estimate of drug-likeness (QED) is 0.483. The van der Waals surface area contributed by atoms with Crippen LogP contribution in [0, 0.1) is 0 Å². The number of pyridine rings is 1. The molecule has 0 aliphatic rings. The molecule has 3 rings (SSSR count). The third-order valence-corrected chi connectivity index (χ3v) is 3.80. The number of ether oxygens (including phenoxy) is 2. The van der Waals surface area contributed by atoms with Gasteiger partial charge in [-0.1, -0.05) is 29.8 Å². The van der Waals surface area contributed by atoms with E-state index in [9.17, 15) is 0 Å². The molecule has 5 nitrogen and oxygen atoms in total. The molecule has 6 heteroatoms. The van der Waals surface area contributed by atoms with E-state index in [1.165, 1.54) is 0 Å². The zero-order valence-electron chi connectivity index (χ0n) is 14.2. The maximum Gasteiger partial charge on any atom is 0.161 e. The van der Waals surface area contributed by atoms with Crippen LogP contribution in [0.2, 0.25) is 5.02 Å². The van der Waals surface area contributed by atoms with Crippen LogP contribution in [-0.2, 0) is 6.61 Å². The first kappa shape index (κ1) is 17.8. The van der Waals surface area contributed by atoms with Gasteiger partial charge in [0.1, 0.15) is 12.4 Å². The van der Waals surface area contributed by atoms with Gasteiger partial charge in [-0.3, -0.25) is 5.43 Å². The number of methoxy groups -OCH3 is 1. The van der Waals surface area contributed by atoms with Crippen molar-refractivity contribution in [2.24, 2.45) is 5.10 Å². The fourth-order valence-corrected chi connectivity index (χ4v) is 2.35. The van der Waals surface area contributed by atoms with E-state index in [1.807, 2.05) is 60.7 Å². The number of nitrogens with one attached hydrogen (secondary N) is 1. The lowest BCUT2D eigenvalue weighted by Crippen LogP contribution is -1.98. The first-order valence-electron chi connectivity index (χ1n) is 8.00. The molecule has 2 aromatic carbocycles. The lowest BCUT2D eigenvalue weighted by molar-refractivity contribution is 0.284. The Bertz CT molecular complexity index is 868. The highest BCUT2D eigenvalue weighted by Crippen LogP contribution is 2.28. The summed E-state index contributed by atoms with van der Waals surface area (Å²) in [5, 5.41) is 4.88. The average molecular weight is 368 g/mol. The largest absolute Gasteiger partial charge is 0.493 e. The molecule has 1 heterocycles. The Kier molecular flexibility index (Phi) is 6.06. The van der Waals surface area contributed by atoms with Crippen molar-refractivity contribution >= 4 is 23.6 Å². The number of aromatic nitrogens is 1. The van der Waals surface area contributed by atoms with Crippen molar-refractivity contribution in [2.75, 3.05) is 12.5 Å². The molecule has 132 valence electrons. The number of rotatable bonds is 7. The average Bonchev–Trinajstić information content (AvgIpc) is 2.69. The molecule has 0 fully saturated rings. The van der Waals surface area contributed by atoms with Crippen LogP contribution in [0.3, 0.4) is 0 Å². The summed E-state index contributed by atoms with van der Waals surface area (Å²) in [5.74, 6) is 1.98. The van der Waals surface area contributed by atoms with Gasteiger partial charge >= 0.3 is 0 Å². The third-order valence-electron chi connectivity index (χ3n) is 3.55. The van der Waals surface area contributed by atoms with Gasteiger partial charge in [0.25, 0.3) is 0 Å². The second-order valence-corrected chi connectivity index (χ2v) is 5.85. The Morgan fingerprint density at radius 3 is 2.65 bits per heavy atom. The number of hydrogen-bond acceptors (Lipinski definition) is 5. The molecular formula is C20H18ClN3O2. The van der Waals surface area contributed by atoms with Gasteiger partial charge in [0.05, 0.1) is 13.3 Å². The second kappa shape index (κ2) is 8.87. The fourth-order valence-electron chi connectivity index (χ4n) is 2.23. The van der Waals surface area contributed by atoms with Crippen LogP contribution >= 0.6 is 11.6 Å². The lowest BCUT2D eigenvalue weighted by atomic mass is 10.2. The van der Waals surface area contributed by atoms with Gasteiger partial charge < -0.3 is 9.47 Å². The molecule has 0 saturated heterocycles. The van der Waals surface area contributed by atoms with Gasteiger partial charge in [-0.05, 0) is 53.6 Å². The minimum atomic E-state index is 0.433.